The lowest BCUT2D eigenvalue weighted by Gasteiger charge is -2.12. The van der Waals surface area contributed by atoms with Crippen LogP contribution < -0.4 is 9.46 Å². The van der Waals surface area contributed by atoms with Crippen LogP contribution in [0.5, 0.6) is 11.6 Å². The number of aryl methyl sites for hydroxylation is 1. The lowest BCUT2D eigenvalue weighted by atomic mass is 10.1. The standard InChI is InChI=1S/C18H15F3N4O3S/c1-11-6-7-14(9-22-11)28-17-16(25-29(2,26)27)23-10-15(24-17)12-4-3-5-13(8-12)18(19,20)21/h3-10H,1-2H3,(H,23,25). The van der Waals surface area contributed by atoms with Gasteiger partial charge in [-0.3, -0.25) is 9.71 Å². The molecule has 1 aromatic carbocycles. The van der Waals surface area contributed by atoms with Crippen molar-refractivity contribution in [2.24, 2.45) is 0 Å². The maximum atomic E-state index is 13.0. The van der Waals surface area contributed by atoms with Crippen molar-refractivity contribution in [1.29, 1.82) is 0 Å². The van der Waals surface area contributed by atoms with Gasteiger partial charge in [-0.2, -0.15) is 13.2 Å². The smallest absolute Gasteiger partial charge is 0.416 e. The fourth-order valence-electron chi connectivity index (χ4n) is 2.31. The van der Waals surface area contributed by atoms with Crippen LogP contribution in [0, 0.1) is 6.92 Å². The van der Waals surface area contributed by atoms with Crippen LogP contribution in [0.15, 0.2) is 48.8 Å². The van der Waals surface area contributed by atoms with Gasteiger partial charge in [0.2, 0.25) is 15.8 Å². The quantitative estimate of drug-likeness (QED) is 0.665. The van der Waals surface area contributed by atoms with Crippen LogP contribution in [0.25, 0.3) is 11.3 Å². The van der Waals surface area contributed by atoms with Gasteiger partial charge in [-0.15, -0.1) is 0 Å². The molecule has 7 nitrogen and oxygen atoms in total. The number of alkyl halides is 3. The molecule has 0 saturated carbocycles. The van der Waals surface area contributed by atoms with E-state index >= 15 is 0 Å². The van der Waals surface area contributed by atoms with Crippen LogP contribution in [-0.4, -0.2) is 29.6 Å². The number of benzene rings is 1. The minimum Gasteiger partial charge on any atom is -0.434 e. The Morgan fingerprint density at radius 1 is 1.07 bits per heavy atom. The molecule has 0 saturated heterocycles. The average molecular weight is 424 g/mol. The zero-order chi connectivity index (χ0) is 21.2. The summed E-state index contributed by atoms with van der Waals surface area (Å²) in [6, 6.07) is 7.79. The van der Waals surface area contributed by atoms with E-state index < -0.39 is 21.8 Å². The molecule has 0 spiro atoms. The SMILES string of the molecule is Cc1ccc(Oc2nc(-c3cccc(C(F)(F)F)c3)cnc2NS(C)(=O)=O)cn1. The van der Waals surface area contributed by atoms with Crippen LogP contribution in [0.4, 0.5) is 19.0 Å². The molecule has 0 amide bonds. The summed E-state index contributed by atoms with van der Waals surface area (Å²) < 4.78 is 69.9. The Morgan fingerprint density at radius 3 is 2.45 bits per heavy atom. The Labute approximate surface area is 164 Å². The molecule has 0 aliphatic rings. The predicted molar refractivity (Wildman–Crippen MR) is 100.0 cm³/mol. The second kappa shape index (κ2) is 7.66. The molecule has 2 aromatic heterocycles. The molecule has 0 radical (unpaired) electrons. The van der Waals surface area contributed by atoms with E-state index in [9.17, 15) is 21.6 Å². The molecular formula is C18H15F3N4O3S. The first-order chi connectivity index (χ1) is 13.5. The van der Waals surface area contributed by atoms with Gasteiger partial charge < -0.3 is 4.74 Å². The predicted octanol–water partition coefficient (Wildman–Crippen LogP) is 4.03. The molecule has 11 heteroatoms. The largest absolute Gasteiger partial charge is 0.434 e. The summed E-state index contributed by atoms with van der Waals surface area (Å²) in [4.78, 5) is 12.2. The van der Waals surface area contributed by atoms with E-state index in [1.54, 1.807) is 19.1 Å². The summed E-state index contributed by atoms with van der Waals surface area (Å²) in [5, 5.41) is 0. The molecule has 1 N–H and O–H groups in total. The number of ether oxygens (including phenoxy) is 1. The third-order valence-electron chi connectivity index (χ3n) is 3.61. The monoisotopic (exact) mass is 424 g/mol. The van der Waals surface area contributed by atoms with Gasteiger partial charge in [0.15, 0.2) is 0 Å². The number of nitrogens with one attached hydrogen (secondary N) is 1. The van der Waals surface area contributed by atoms with Gasteiger partial charge in [-0.25, -0.2) is 18.4 Å². The van der Waals surface area contributed by atoms with Crippen molar-refractivity contribution < 1.29 is 26.3 Å². The molecule has 2 heterocycles. The van der Waals surface area contributed by atoms with Gasteiger partial charge in [-0.05, 0) is 31.2 Å². The van der Waals surface area contributed by atoms with Crippen LogP contribution >= 0.6 is 0 Å². The number of rotatable bonds is 5. The second-order valence-corrected chi connectivity index (χ2v) is 7.85. The van der Waals surface area contributed by atoms with Crippen molar-refractivity contribution in [1.82, 2.24) is 15.0 Å². The minimum absolute atomic E-state index is 0.0743. The molecule has 0 fully saturated rings. The van der Waals surface area contributed by atoms with Crippen LogP contribution in [0.1, 0.15) is 11.3 Å². The molecule has 3 rings (SSSR count). The fourth-order valence-corrected chi connectivity index (χ4v) is 2.80. The van der Waals surface area contributed by atoms with E-state index in [0.717, 1.165) is 30.3 Å². The number of anilines is 1. The highest BCUT2D eigenvalue weighted by molar-refractivity contribution is 7.92. The lowest BCUT2D eigenvalue weighted by molar-refractivity contribution is -0.137. The summed E-state index contributed by atoms with van der Waals surface area (Å²) in [7, 11) is -3.70. The first-order valence-electron chi connectivity index (χ1n) is 8.14. The number of hydrogen-bond donors (Lipinski definition) is 1. The van der Waals surface area contributed by atoms with Gasteiger partial charge in [0, 0.05) is 11.3 Å². The Kier molecular flexibility index (Phi) is 5.42. The van der Waals surface area contributed by atoms with E-state index in [2.05, 4.69) is 19.7 Å². The van der Waals surface area contributed by atoms with Crippen LogP contribution in [-0.2, 0) is 16.2 Å². The summed E-state index contributed by atoms with van der Waals surface area (Å²) in [6.45, 7) is 1.77. The van der Waals surface area contributed by atoms with Gasteiger partial charge >= 0.3 is 6.18 Å². The minimum atomic E-state index is -4.52. The normalized spacial score (nSPS) is 11.9. The van der Waals surface area contributed by atoms with Crippen molar-refractivity contribution in [3.05, 3.63) is 60.0 Å². The first kappa shape index (κ1) is 20.5. The number of hydrogen-bond acceptors (Lipinski definition) is 6. The summed E-state index contributed by atoms with van der Waals surface area (Å²) in [5.74, 6) is -0.178. The van der Waals surface area contributed by atoms with Gasteiger partial charge in [-0.1, -0.05) is 12.1 Å². The van der Waals surface area contributed by atoms with Gasteiger partial charge in [0.1, 0.15) is 5.75 Å². The van der Waals surface area contributed by atoms with E-state index in [1.165, 1.54) is 18.3 Å². The maximum absolute atomic E-state index is 13.0. The number of nitrogens with zero attached hydrogens (tertiary/aromatic N) is 3. The average Bonchev–Trinajstić information content (AvgIpc) is 2.63. The first-order valence-corrected chi connectivity index (χ1v) is 10.0. The van der Waals surface area contributed by atoms with E-state index in [1.807, 2.05) is 0 Å². The van der Waals surface area contributed by atoms with Crippen molar-refractivity contribution >= 4 is 15.8 Å². The Balaban J connectivity index is 2.05. The van der Waals surface area contributed by atoms with Crippen molar-refractivity contribution in [3.8, 4) is 22.9 Å². The zero-order valence-electron chi connectivity index (χ0n) is 15.2. The Hall–Kier alpha value is -3.21. The molecule has 152 valence electrons. The maximum Gasteiger partial charge on any atom is 0.416 e. The molecule has 0 bridgehead atoms. The fraction of sp³-hybridized carbons (Fsp3) is 0.167. The molecule has 0 atom stereocenters. The van der Waals surface area contributed by atoms with Crippen LogP contribution in [0.3, 0.4) is 0 Å². The molecule has 3 aromatic rings. The molecular weight excluding hydrogens is 409 g/mol. The number of sulfonamides is 1. The van der Waals surface area contributed by atoms with E-state index in [-0.39, 0.29) is 28.7 Å². The van der Waals surface area contributed by atoms with Crippen molar-refractivity contribution in [2.45, 2.75) is 13.1 Å². The number of halogens is 3. The second-order valence-electron chi connectivity index (χ2n) is 6.10. The number of pyridine rings is 1. The lowest BCUT2D eigenvalue weighted by Crippen LogP contribution is -2.12. The molecule has 0 unspecified atom stereocenters. The summed E-state index contributed by atoms with van der Waals surface area (Å²) in [5.41, 5.74) is 0.103. The van der Waals surface area contributed by atoms with E-state index in [4.69, 9.17) is 4.74 Å². The highest BCUT2D eigenvalue weighted by Crippen LogP contribution is 2.33. The molecule has 0 aliphatic heterocycles. The number of aromatic nitrogens is 3. The highest BCUT2D eigenvalue weighted by Gasteiger charge is 2.30. The van der Waals surface area contributed by atoms with E-state index in [0.29, 0.717) is 0 Å². The van der Waals surface area contributed by atoms with Gasteiger partial charge in [0.05, 0.1) is 29.9 Å². The third kappa shape index (κ3) is 5.41. The van der Waals surface area contributed by atoms with Crippen molar-refractivity contribution in [2.75, 3.05) is 11.0 Å². The topological polar surface area (TPSA) is 94.1 Å². The zero-order valence-corrected chi connectivity index (χ0v) is 16.0. The van der Waals surface area contributed by atoms with Crippen molar-refractivity contribution in [3.63, 3.8) is 0 Å². The third-order valence-corrected chi connectivity index (χ3v) is 4.17. The summed E-state index contributed by atoms with van der Waals surface area (Å²) >= 11 is 0. The van der Waals surface area contributed by atoms with Crippen LogP contribution in [0.2, 0.25) is 0 Å². The molecule has 0 aliphatic carbocycles. The molecule has 29 heavy (non-hydrogen) atoms. The van der Waals surface area contributed by atoms with Gasteiger partial charge in [0.25, 0.3) is 5.88 Å². The Morgan fingerprint density at radius 2 is 1.83 bits per heavy atom. The Bertz CT molecular complexity index is 1130. The summed E-state index contributed by atoms with van der Waals surface area (Å²) in [6.07, 6.45) is -1.04. The highest BCUT2D eigenvalue weighted by atomic mass is 32.2.